The molecule has 2 heterocycles. The average molecular weight is 211 g/mol. The van der Waals surface area contributed by atoms with Crippen molar-refractivity contribution >= 4 is 17.7 Å². The number of allylic oxidation sites excluding steroid dienone is 1. The minimum Gasteiger partial charge on any atom is -0.366 e. The summed E-state index contributed by atoms with van der Waals surface area (Å²) in [5.74, 6) is -0.417. The maximum Gasteiger partial charge on any atom is 0.248 e. The third-order valence-electron chi connectivity index (χ3n) is 2.74. The molecule has 0 atom stereocenters. The molecule has 0 fully saturated rings. The van der Waals surface area contributed by atoms with Gasteiger partial charge in [-0.05, 0) is 24.3 Å². The normalized spacial score (nSPS) is 16.2. The molecule has 1 amide bonds. The quantitative estimate of drug-likeness (QED) is 0.671. The van der Waals surface area contributed by atoms with Gasteiger partial charge in [-0.1, -0.05) is 0 Å². The lowest BCUT2D eigenvalue weighted by molar-refractivity contribution is 0.1000. The number of primary amides is 1. The molecular weight excluding hydrogens is 202 g/mol. The molecule has 0 spiro atoms. The first-order valence-corrected chi connectivity index (χ1v) is 4.98. The van der Waals surface area contributed by atoms with Gasteiger partial charge in [-0.15, -0.1) is 0 Å². The Balaban J connectivity index is 2.34. The van der Waals surface area contributed by atoms with Crippen molar-refractivity contribution in [3.8, 4) is 0 Å². The summed E-state index contributed by atoms with van der Waals surface area (Å²) in [6.45, 7) is 0.616. The number of nitrogens with two attached hydrogens (primary N) is 1. The first kappa shape index (κ1) is 9.03. The average Bonchev–Trinajstić information content (AvgIpc) is 2.66. The molecule has 3 rings (SSSR count). The van der Waals surface area contributed by atoms with Crippen LogP contribution in [0.4, 0.5) is 0 Å². The predicted molar refractivity (Wildman–Crippen MR) is 60.6 cm³/mol. The fourth-order valence-corrected chi connectivity index (χ4v) is 1.94. The number of carbonyl (C=O) groups excluding carboxylic acids is 1. The first-order chi connectivity index (χ1) is 7.75. The Kier molecular flexibility index (Phi) is 1.77. The molecule has 78 valence electrons. The van der Waals surface area contributed by atoms with Crippen LogP contribution in [0.3, 0.4) is 0 Å². The highest BCUT2D eigenvalue weighted by molar-refractivity contribution is 5.93. The van der Waals surface area contributed by atoms with Gasteiger partial charge in [-0.25, -0.2) is 4.99 Å². The molecule has 0 saturated carbocycles. The zero-order valence-corrected chi connectivity index (χ0v) is 8.47. The van der Waals surface area contributed by atoms with E-state index >= 15 is 0 Å². The van der Waals surface area contributed by atoms with E-state index in [0.717, 1.165) is 21.8 Å². The highest BCUT2D eigenvalue weighted by atomic mass is 16.1. The van der Waals surface area contributed by atoms with Crippen LogP contribution in [-0.4, -0.2) is 18.7 Å². The molecule has 0 aromatic heterocycles. The van der Waals surface area contributed by atoms with Crippen LogP contribution in [0.5, 0.6) is 0 Å². The van der Waals surface area contributed by atoms with Crippen molar-refractivity contribution in [1.29, 1.82) is 0 Å². The van der Waals surface area contributed by atoms with Gasteiger partial charge in [0, 0.05) is 22.6 Å². The van der Waals surface area contributed by atoms with Crippen LogP contribution in [0.2, 0.25) is 0 Å². The van der Waals surface area contributed by atoms with Crippen molar-refractivity contribution in [3.63, 3.8) is 0 Å². The molecule has 4 heteroatoms. The Morgan fingerprint density at radius 3 is 3.06 bits per heavy atom. The maximum atomic E-state index is 11.1. The number of aliphatic imine (C=N–C) groups is 1. The Morgan fingerprint density at radius 1 is 1.38 bits per heavy atom. The predicted octanol–water partition coefficient (Wildman–Crippen LogP) is -0.462. The fraction of sp³-hybridized carbons (Fsp3) is 0.0833. The SMILES string of the molecule is NC(=O)c1ccc2c(c1)=C1CN=CC=C1N=2. The van der Waals surface area contributed by atoms with E-state index in [-0.39, 0.29) is 0 Å². The largest absolute Gasteiger partial charge is 0.366 e. The summed E-state index contributed by atoms with van der Waals surface area (Å²) >= 11 is 0. The first-order valence-electron chi connectivity index (χ1n) is 4.98. The van der Waals surface area contributed by atoms with E-state index in [1.54, 1.807) is 18.3 Å². The summed E-state index contributed by atoms with van der Waals surface area (Å²) in [4.78, 5) is 19.7. The second kappa shape index (κ2) is 3.13. The molecule has 1 aromatic carbocycles. The van der Waals surface area contributed by atoms with E-state index in [0.29, 0.717) is 12.1 Å². The molecule has 1 aromatic rings. The number of rotatable bonds is 1. The van der Waals surface area contributed by atoms with E-state index in [4.69, 9.17) is 5.73 Å². The number of fused-ring (bicyclic) bond motifs is 2. The zero-order valence-electron chi connectivity index (χ0n) is 8.47. The minimum absolute atomic E-state index is 0.417. The van der Waals surface area contributed by atoms with Gasteiger partial charge >= 0.3 is 0 Å². The molecule has 0 radical (unpaired) electrons. The van der Waals surface area contributed by atoms with E-state index in [1.807, 2.05) is 12.1 Å². The lowest BCUT2D eigenvalue weighted by Crippen LogP contribution is -2.26. The summed E-state index contributed by atoms with van der Waals surface area (Å²) in [6, 6.07) is 5.31. The molecule has 0 aliphatic carbocycles. The lowest BCUT2D eigenvalue weighted by Gasteiger charge is -2.03. The van der Waals surface area contributed by atoms with Crippen molar-refractivity contribution in [2.45, 2.75) is 0 Å². The van der Waals surface area contributed by atoms with Gasteiger partial charge in [0.15, 0.2) is 0 Å². The number of dihydropyridines is 1. The van der Waals surface area contributed by atoms with E-state index in [1.165, 1.54) is 0 Å². The summed E-state index contributed by atoms with van der Waals surface area (Å²) in [5, 5.41) is 1.86. The number of hydrogen-bond donors (Lipinski definition) is 1. The van der Waals surface area contributed by atoms with Gasteiger partial charge in [0.05, 0.1) is 17.6 Å². The van der Waals surface area contributed by atoms with Crippen LogP contribution in [0.25, 0.3) is 5.57 Å². The summed E-state index contributed by atoms with van der Waals surface area (Å²) in [7, 11) is 0. The van der Waals surface area contributed by atoms with Crippen LogP contribution in [0.15, 0.2) is 40.0 Å². The zero-order chi connectivity index (χ0) is 11.1. The molecule has 4 nitrogen and oxygen atoms in total. The second-order valence-corrected chi connectivity index (χ2v) is 3.73. The van der Waals surface area contributed by atoms with Crippen molar-refractivity contribution < 1.29 is 4.79 Å². The number of amides is 1. The lowest BCUT2D eigenvalue weighted by atomic mass is 10.1. The third kappa shape index (κ3) is 1.20. The van der Waals surface area contributed by atoms with Gasteiger partial charge in [0.1, 0.15) is 0 Å². The summed E-state index contributed by atoms with van der Waals surface area (Å²) in [5.41, 5.74) is 7.77. The van der Waals surface area contributed by atoms with Crippen LogP contribution >= 0.6 is 0 Å². The molecule has 16 heavy (non-hydrogen) atoms. The number of nitrogens with zero attached hydrogens (tertiary/aromatic N) is 2. The molecular formula is C12H9N3O. The van der Waals surface area contributed by atoms with Crippen molar-refractivity contribution in [3.05, 3.63) is 46.1 Å². The van der Waals surface area contributed by atoms with Gasteiger partial charge in [-0.2, -0.15) is 0 Å². The highest BCUT2D eigenvalue weighted by Crippen LogP contribution is 2.16. The number of hydrogen-bond acceptors (Lipinski definition) is 3. The van der Waals surface area contributed by atoms with E-state index < -0.39 is 5.91 Å². The van der Waals surface area contributed by atoms with E-state index in [2.05, 4.69) is 9.98 Å². The number of benzene rings is 1. The second-order valence-electron chi connectivity index (χ2n) is 3.73. The van der Waals surface area contributed by atoms with Crippen LogP contribution in [0.1, 0.15) is 10.4 Å². The Labute approximate surface area is 91.5 Å². The Morgan fingerprint density at radius 2 is 2.25 bits per heavy atom. The van der Waals surface area contributed by atoms with Crippen LogP contribution < -0.4 is 16.3 Å². The van der Waals surface area contributed by atoms with Crippen molar-refractivity contribution in [2.24, 2.45) is 15.7 Å². The van der Waals surface area contributed by atoms with Crippen molar-refractivity contribution in [1.82, 2.24) is 0 Å². The Hall–Kier alpha value is -2.23. The minimum atomic E-state index is -0.417. The molecule has 0 saturated heterocycles. The molecule has 2 aliphatic rings. The van der Waals surface area contributed by atoms with Gasteiger partial charge in [-0.3, -0.25) is 9.79 Å². The monoisotopic (exact) mass is 211 g/mol. The van der Waals surface area contributed by atoms with Crippen molar-refractivity contribution in [2.75, 3.05) is 6.54 Å². The molecule has 2 N–H and O–H groups in total. The van der Waals surface area contributed by atoms with Gasteiger partial charge in [0.25, 0.3) is 0 Å². The smallest absolute Gasteiger partial charge is 0.248 e. The topological polar surface area (TPSA) is 67.8 Å². The van der Waals surface area contributed by atoms with Crippen LogP contribution in [0, 0.1) is 0 Å². The summed E-state index contributed by atoms with van der Waals surface area (Å²) < 4.78 is 0. The van der Waals surface area contributed by atoms with E-state index in [9.17, 15) is 4.79 Å². The van der Waals surface area contributed by atoms with Crippen LogP contribution in [-0.2, 0) is 0 Å². The fourth-order valence-electron chi connectivity index (χ4n) is 1.94. The third-order valence-corrected chi connectivity index (χ3v) is 2.74. The maximum absolute atomic E-state index is 11.1. The molecule has 0 unspecified atom stereocenters. The Bertz CT molecular complexity index is 668. The van der Waals surface area contributed by atoms with Gasteiger partial charge < -0.3 is 5.73 Å². The highest BCUT2D eigenvalue weighted by Gasteiger charge is 2.14. The van der Waals surface area contributed by atoms with Gasteiger partial charge in [0.2, 0.25) is 5.91 Å². The number of carbonyl (C=O) groups is 1. The molecule has 2 aliphatic heterocycles. The standard InChI is InChI=1S/C12H9N3O/c13-12(16)7-1-2-10-8(5-7)9-6-14-4-3-11(9)15-10/h1-5H,6H2,(H2,13,16). The molecule has 0 bridgehead atoms. The summed E-state index contributed by atoms with van der Waals surface area (Å²) in [6.07, 6.45) is 3.63.